The summed E-state index contributed by atoms with van der Waals surface area (Å²) in [6, 6.07) is 20.0. The van der Waals surface area contributed by atoms with Gasteiger partial charge in [-0.1, -0.05) is 71.4 Å². The molecule has 0 bridgehead atoms. The van der Waals surface area contributed by atoms with Gasteiger partial charge >= 0.3 is 0 Å². The molecule has 150 valence electrons. The van der Waals surface area contributed by atoms with E-state index in [0.717, 1.165) is 20.9 Å². The van der Waals surface area contributed by atoms with E-state index in [9.17, 15) is 9.59 Å². The van der Waals surface area contributed by atoms with Crippen LogP contribution in [0, 0.1) is 13.8 Å². The fourth-order valence-electron chi connectivity index (χ4n) is 3.24. The van der Waals surface area contributed by atoms with E-state index >= 15 is 0 Å². The highest BCUT2D eigenvalue weighted by Gasteiger charge is 2.41. The lowest BCUT2D eigenvalue weighted by atomic mass is 10.0. The standard InChI is InChI=1S/C24H17Cl2NO2S/c1-14-8-9-16(12-15(14)2)21-22(30-18-6-4-3-5-7-18)24(29)27(23(21)28)20-13-17(25)10-11-19(20)26/h3-13H,1-2H3. The van der Waals surface area contributed by atoms with Gasteiger partial charge in [-0.05, 0) is 60.9 Å². The largest absolute Gasteiger partial charge is 0.272 e. The smallest absolute Gasteiger partial charge is 0.268 e. The van der Waals surface area contributed by atoms with Gasteiger partial charge < -0.3 is 0 Å². The Morgan fingerprint density at radius 1 is 0.800 bits per heavy atom. The number of thioether (sulfide) groups is 1. The molecule has 0 saturated carbocycles. The van der Waals surface area contributed by atoms with Crippen molar-refractivity contribution < 1.29 is 9.59 Å². The van der Waals surface area contributed by atoms with Crippen LogP contribution < -0.4 is 4.90 Å². The normalized spacial score (nSPS) is 14.1. The number of aryl methyl sites for hydroxylation is 2. The number of imide groups is 1. The van der Waals surface area contributed by atoms with Gasteiger partial charge in [-0.15, -0.1) is 0 Å². The van der Waals surface area contributed by atoms with Gasteiger partial charge in [0.25, 0.3) is 11.8 Å². The third-order valence-corrected chi connectivity index (χ3v) is 6.59. The molecular weight excluding hydrogens is 437 g/mol. The summed E-state index contributed by atoms with van der Waals surface area (Å²) in [5.41, 5.74) is 3.51. The Morgan fingerprint density at radius 2 is 1.53 bits per heavy atom. The molecule has 1 aliphatic rings. The average Bonchev–Trinajstić information content (AvgIpc) is 2.96. The summed E-state index contributed by atoms with van der Waals surface area (Å²) in [6.07, 6.45) is 0. The number of hydrogen-bond acceptors (Lipinski definition) is 3. The van der Waals surface area contributed by atoms with E-state index in [-0.39, 0.29) is 10.7 Å². The van der Waals surface area contributed by atoms with E-state index in [2.05, 4.69) is 0 Å². The summed E-state index contributed by atoms with van der Waals surface area (Å²) in [7, 11) is 0. The number of hydrogen-bond donors (Lipinski definition) is 0. The van der Waals surface area contributed by atoms with Crippen LogP contribution in [0.1, 0.15) is 16.7 Å². The summed E-state index contributed by atoms with van der Waals surface area (Å²) in [6.45, 7) is 3.99. The first-order chi connectivity index (χ1) is 14.4. The molecule has 0 radical (unpaired) electrons. The number of rotatable bonds is 4. The molecule has 0 aromatic heterocycles. The molecule has 2 amide bonds. The SMILES string of the molecule is Cc1ccc(C2=C(Sc3ccccc3)C(=O)N(c3cc(Cl)ccc3Cl)C2=O)cc1C. The number of anilines is 1. The fraction of sp³-hybridized carbons (Fsp3) is 0.0833. The van der Waals surface area contributed by atoms with Gasteiger partial charge in [0.15, 0.2) is 0 Å². The Balaban J connectivity index is 1.88. The Bertz CT molecular complexity index is 1210. The van der Waals surface area contributed by atoms with Gasteiger partial charge in [0, 0.05) is 9.92 Å². The topological polar surface area (TPSA) is 37.4 Å². The molecule has 1 heterocycles. The van der Waals surface area contributed by atoms with Gasteiger partial charge in [-0.3, -0.25) is 9.59 Å². The molecule has 3 nitrogen and oxygen atoms in total. The van der Waals surface area contributed by atoms with Crippen molar-refractivity contribution in [1.29, 1.82) is 0 Å². The number of carbonyl (C=O) groups excluding carboxylic acids is 2. The van der Waals surface area contributed by atoms with E-state index in [1.54, 1.807) is 12.1 Å². The summed E-state index contributed by atoms with van der Waals surface area (Å²) in [5.74, 6) is -0.822. The second kappa shape index (κ2) is 8.31. The highest BCUT2D eigenvalue weighted by Crippen LogP contribution is 2.43. The fourth-order valence-corrected chi connectivity index (χ4v) is 4.62. The van der Waals surface area contributed by atoms with Crippen LogP contribution in [0.3, 0.4) is 0 Å². The zero-order valence-electron chi connectivity index (χ0n) is 16.3. The first-order valence-corrected chi connectivity index (χ1v) is 10.8. The minimum absolute atomic E-state index is 0.282. The summed E-state index contributed by atoms with van der Waals surface area (Å²) >= 11 is 13.7. The van der Waals surface area contributed by atoms with Crippen molar-refractivity contribution in [3.63, 3.8) is 0 Å². The molecule has 3 aromatic carbocycles. The highest BCUT2D eigenvalue weighted by molar-refractivity contribution is 8.04. The maximum Gasteiger partial charge on any atom is 0.272 e. The van der Waals surface area contributed by atoms with Gasteiger partial charge in [-0.2, -0.15) is 0 Å². The predicted molar refractivity (Wildman–Crippen MR) is 124 cm³/mol. The van der Waals surface area contributed by atoms with Crippen molar-refractivity contribution in [3.8, 4) is 0 Å². The molecule has 0 N–H and O–H groups in total. The number of benzene rings is 3. The maximum atomic E-state index is 13.5. The number of carbonyl (C=O) groups is 2. The number of halogens is 2. The molecule has 0 saturated heterocycles. The van der Waals surface area contributed by atoms with Crippen LogP contribution in [0.15, 0.2) is 76.5 Å². The van der Waals surface area contributed by atoms with Crippen molar-refractivity contribution in [1.82, 2.24) is 0 Å². The van der Waals surface area contributed by atoms with Crippen LogP contribution in [-0.4, -0.2) is 11.8 Å². The van der Waals surface area contributed by atoms with E-state index in [1.165, 1.54) is 17.8 Å². The molecule has 0 atom stereocenters. The van der Waals surface area contributed by atoms with Gasteiger partial charge in [-0.25, -0.2) is 4.90 Å². The summed E-state index contributed by atoms with van der Waals surface area (Å²) < 4.78 is 0. The average molecular weight is 454 g/mol. The van der Waals surface area contributed by atoms with E-state index in [0.29, 0.717) is 21.1 Å². The first-order valence-electron chi connectivity index (χ1n) is 9.25. The van der Waals surface area contributed by atoms with Gasteiger partial charge in [0.05, 0.1) is 21.2 Å². The Morgan fingerprint density at radius 3 is 2.23 bits per heavy atom. The number of nitrogens with zero attached hydrogens (tertiary/aromatic N) is 1. The molecule has 30 heavy (non-hydrogen) atoms. The van der Waals surface area contributed by atoms with Crippen LogP contribution in [0.5, 0.6) is 0 Å². The van der Waals surface area contributed by atoms with E-state index in [1.807, 2.05) is 62.4 Å². The monoisotopic (exact) mass is 453 g/mol. The molecule has 0 spiro atoms. The van der Waals surface area contributed by atoms with Crippen LogP contribution in [0.25, 0.3) is 5.57 Å². The zero-order chi connectivity index (χ0) is 21.4. The highest BCUT2D eigenvalue weighted by atomic mass is 35.5. The van der Waals surface area contributed by atoms with Crippen molar-refractivity contribution in [2.75, 3.05) is 4.90 Å². The lowest BCUT2D eigenvalue weighted by Crippen LogP contribution is -2.31. The van der Waals surface area contributed by atoms with E-state index < -0.39 is 11.8 Å². The molecule has 4 rings (SSSR count). The predicted octanol–water partition coefficient (Wildman–Crippen LogP) is 6.69. The van der Waals surface area contributed by atoms with Crippen molar-refractivity contribution in [3.05, 3.63) is 98.4 Å². The lowest BCUT2D eigenvalue weighted by molar-refractivity contribution is -0.119. The lowest BCUT2D eigenvalue weighted by Gasteiger charge is -2.17. The molecule has 0 unspecified atom stereocenters. The summed E-state index contributed by atoms with van der Waals surface area (Å²) in [5, 5.41) is 0.679. The van der Waals surface area contributed by atoms with Gasteiger partial charge in [0.2, 0.25) is 0 Å². The van der Waals surface area contributed by atoms with Crippen molar-refractivity contribution in [2.24, 2.45) is 0 Å². The second-order valence-corrected chi connectivity index (χ2v) is 8.89. The molecule has 0 aliphatic carbocycles. The van der Waals surface area contributed by atoms with Gasteiger partial charge in [0.1, 0.15) is 0 Å². The van der Waals surface area contributed by atoms with Crippen LogP contribution >= 0.6 is 35.0 Å². The van der Waals surface area contributed by atoms with E-state index in [4.69, 9.17) is 23.2 Å². The third kappa shape index (κ3) is 3.79. The Labute approximate surface area is 189 Å². The third-order valence-electron chi connectivity index (χ3n) is 4.95. The Kier molecular flexibility index (Phi) is 5.74. The summed E-state index contributed by atoms with van der Waals surface area (Å²) in [4.78, 5) is 29.3. The molecule has 6 heteroatoms. The van der Waals surface area contributed by atoms with Crippen molar-refractivity contribution in [2.45, 2.75) is 18.7 Å². The molecular formula is C24H17Cl2NO2S. The number of amides is 2. The zero-order valence-corrected chi connectivity index (χ0v) is 18.6. The quantitative estimate of drug-likeness (QED) is 0.413. The first kappa shape index (κ1) is 20.7. The molecule has 0 fully saturated rings. The van der Waals surface area contributed by atoms with Crippen LogP contribution in [0.4, 0.5) is 5.69 Å². The minimum atomic E-state index is -0.411. The minimum Gasteiger partial charge on any atom is -0.268 e. The Hall–Kier alpha value is -2.53. The second-order valence-electron chi connectivity index (χ2n) is 6.96. The van der Waals surface area contributed by atoms with Crippen molar-refractivity contribution >= 4 is 58.0 Å². The molecule has 3 aromatic rings. The van der Waals surface area contributed by atoms with Crippen LogP contribution in [-0.2, 0) is 9.59 Å². The van der Waals surface area contributed by atoms with Crippen LogP contribution in [0.2, 0.25) is 10.0 Å². The molecule has 1 aliphatic heterocycles. The maximum absolute atomic E-state index is 13.5.